The lowest BCUT2D eigenvalue weighted by Crippen LogP contribution is -2.25. The fraction of sp³-hybridized carbons (Fsp3) is 0.364. The van der Waals surface area contributed by atoms with Crippen molar-refractivity contribution >= 4 is 0 Å². The second-order valence-electron chi connectivity index (χ2n) is 3.67. The fourth-order valence-electron chi connectivity index (χ4n) is 1.68. The molecule has 2 rings (SSSR count). The summed E-state index contributed by atoms with van der Waals surface area (Å²) in [6.07, 6.45) is 2.89. The van der Waals surface area contributed by atoms with Crippen molar-refractivity contribution in [3.63, 3.8) is 0 Å². The summed E-state index contributed by atoms with van der Waals surface area (Å²) in [6, 6.07) is 2.94. The van der Waals surface area contributed by atoms with Crippen molar-refractivity contribution in [2.75, 3.05) is 6.54 Å². The van der Waals surface area contributed by atoms with Gasteiger partial charge in [0, 0.05) is 7.05 Å². The molecule has 0 aliphatic carbocycles. The molecule has 2 aromatic rings. The quantitative estimate of drug-likeness (QED) is 0.860. The maximum Gasteiger partial charge on any atom is 0.141 e. The summed E-state index contributed by atoms with van der Waals surface area (Å²) in [6.45, 7) is 2.77. The monoisotopic (exact) mass is 235 g/mol. The van der Waals surface area contributed by atoms with Crippen LogP contribution in [0.5, 0.6) is 0 Å². The van der Waals surface area contributed by atoms with Crippen LogP contribution in [0.25, 0.3) is 0 Å². The standard InChI is InChI=1S/C11H14FN5/c1-3-13-11(10-7-15-16-17(10)2)9-5-4-8(12)6-14-9/h4-7,11,13H,3H2,1-2H3. The molecule has 17 heavy (non-hydrogen) atoms. The second-order valence-corrected chi connectivity index (χ2v) is 3.67. The molecule has 5 nitrogen and oxygen atoms in total. The molecule has 0 radical (unpaired) electrons. The Balaban J connectivity index is 2.35. The lowest BCUT2D eigenvalue weighted by molar-refractivity contribution is 0.553. The Morgan fingerprint density at radius 2 is 2.24 bits per heavy atom. The molecule has 0 saturated carbocycles. The fourth-order valence-corrected chi connectivity index (χ4v) is 1.68. The molecule has 0 aliphatic heterocycles. The van der Waals surface area contributed by atoms with Gasteiger partial charge in [0.05, 0.1) is 29.8 Å². The van der Waals surface area contributed by atoms with E-state index >= 15 is 0 Å². The highest BCUT2D eigenvalue weighted by atomic mass is 19.1. The molecule has 2 heterocycles. The van der Waals surface area contributed by atoms with E-state index in [0.29, 0.717) is 0 Å². The zero-order valence-corrected chi connectivity index (χ0v) is 9.76. The van der Waals surface area contributed by atoms with Crippen molar-refractivity contribution < 1.29 is 4.39 Å². The number of hydrogen-bond acceptors (Lipinski definition) is 4. The van der Waals surface area contributed by atoms with Gasteiger partial charge in [-0.1, -0.05) is 12.1 Å². The topological polar surface area (TPSA) is 55.6 Å². The van der Waals surface area contributed by atoms with Gasteiger partial charge in [0.2, 0.25) is 0 Å². The lowest BCUT2D eigenvalue weighted by Gasteiger charge is -2.16. The van der Waals surface area contributed by atoms with E-state index in [4.69, 9.17) is 0 Å². The number of nitrogens with zero attached hydrogens (tertiary/aromatic N) is 4. The number of hydrogen-bond donors (Lipinski definition) is 1. The average Bonchev–Trinajstić information content (AvgIpc) is 2.74. The normalized spacial score (nSPS) is 12.6. The van der Waals surface area contributed by atoms with Crippen LogP contribution >= 0.6 is 0 Å². The van der Waals surface area contributed by atoms with Crippen molar-refractivity contribution in [2.24, 2.45) is 7.05 Å². The molecule has 0 spiro atoms. The van der Waals surface area contributed by atoms with Crippen LogP contribution in [0.4, 0.5) is 4.39 Å². The third-order valence-corrected chi connectivity index (χ3v) is 2.50. The Labute approximate surface area is 98.7 Å². The highest BCUT2D eigenvalue weighted by Gasteiger charge is 2.18. The molecular formula is C11H14FN5. The minimum atomic E-state index is -0.341. The lowest BCUT2D eigenvalue weighted by atomic mass is 10.1. The number of nitrogens with one attached hydrogen (secondary N) is 1. The highest BCUT2D eigenvalue weighted by Crippen LogP contribution is 2.18. The summed E-state index contributed by atoms with van der Waals surface area (Å²) in [5.41, 5.74) is 1.64. The Hall–Kier alpha value is -1.82. The van der Waals surface area contributed by atoms with E-state index in [0.717, 1.165) is 17.9 Å². The zero-order chi connectivity index (χ0) is 12.3. The van der Waals surface area contributed by atoms with Crippen molar-refractivity contribution in [3.8, 4) is 0 Å². The van der Waals surface area contributed by atoms with E-state index in [1.54, 1.807) is 16.9 Å². The first-order chi connectivity index (χ1) is 8.22. The van der Waals surface area contributed by atoms with E-state index in [1.165, 1.54) is 12.3 Å². The van der Waals surface area contributed by atoms with Crippen LogP contribution < -0.4 is 5.32 Å². The van der Waals surface area contributed by atoms with E-state index in [1.807, 2.05) is 14.0 Å². The molecule has 0 aromatic carbocycles. The minimum absolute atomic E-state index is 0.124. The van der Waals surface area contributed by atoms with Crippen molar-refractivity contribution in [1.29, 1.82) is 0 Å². The summed E-state index contributed by atoms with van der Waals surface area (Å²) in [5, 5.41) is 11.0. The van der Waals surface area contributed by atoms with Gasteiger partial charge >= 0.3 is 0 Å². The summed E-state index contributed by atoms with van der Waals surface area (Å²) < 4.78 is 14.5. The molecule has 0 amide bonds. The highest BCUT2D eigenvalue weighted by molar-refractivity contribution is 5.20. The van der Waals surface area contributed by atoms with Gasteiger partial charge in [-0.2, -0.15) is 0 Å². The smallest absolute Gasteiger partial charge is 0.141 e. The van der Waals surface area contributed by atoms with Crippen LogP contribution in [-0.4, -0.2) is 26.5 Å². The molecule has 6 heteroatoms. The van der Waals surface area contributed by atoms with Gasteiger partial charge in [0.15, 0.2) is 0 Å². The summed E-state index contributed by atoms with van der Waals surface area (Å²) in [5.74, 6) is -0.341. The van der Waals surface area contributed by atoms with Crippen LogP contribution in [0.2, 0.25) is 0 Å². The molecule has 0 fully saturated rings. The van der Waals surface area contributed by atoms with Crippen molar-refractivity contribution in [1.82, 2.24) is 25.3 Å². The molecule has 2 aromatic heterocycles. The van der Waals surface area contributed by atoms with Crippen molar-refractivity contribution in [2.45, 2.75) is 13.0 Å². The Kier molecular flexibility index (Phi) is 3.43. The van der Waals surface area contributed by atoms with Gasteiger partial charge < -0.3 is 5.32 Å². The summed E-state index contributed by atoms with van der Waals surface area (Å²) in [7, 11) is 1.82. The number of pyridine rings is 1. The van der Waals surface area contributed by atoms with Gasteiger partial charge in [-0.25, -0.2) is 4.39 Å². The second kappa shape index (κ2) is 5.01. The van der Waals surface area contributed by atoms with Crippen LogP contribution in [-0.2, 0) is 7.05 Å². The van der Waals surface area contributed by atoms with Crippen LogP contribution in [0.15, 0.2) is 24.5 Å². The third kappa shape index (κ3) is 2.47. The van der Waals surface area contributed by atoms with Crippen LogP contribution in [0.3, 0.4) is 0 Å². The van der Waals surface area contributed by atoms with Gasteiger partial charge in [-0.3, -0.25) is 9.67 Å². The predicted octanol–water partition coefficient (Wildman–Crippen LogP) is 1.05. The first-order valence-corrected chi connectivity index (χ1v) is 5.41. The zero-order valence-electron chi connectivity index (χ0n) is 9.76. The van der Waals surface area contributed by atoms with Crippen LogP contribution in [0, 0.1) is 5.82 Å². The number of rotatable bonds is 4. The first-order valence-electron chi connectivity index (χ1n) is 5.41. The Bertz CT molecular complexity index is 479. The van der Waals surface area contributed by atoms with Crippen molar-refractivity contribution in [3.05, 3.63) is 41.7 Å². The number of aromatic nitrogens is 4. The molecule has 0 bridgehead atoms. The number of halogens is 1. The molecule has 1 atom stereocenters. The first kappa shape index (κ1) is 11.7. The summed E-state index contributed by atoms with van der Waals surface area (Å²) in [4.78, 5) is 4.09. The Morgan fingerprint density at radius 3 is 2.76 bits per heavy atom. The van der Waals surface area contributed by atoms with Gasteiger partial charge in [0.25, 0.3) is 0 Å². The maximum atomic E-state index is 12.8. The minimum Gasteiger partial charge on any atom is -0.304 e. The Morgan fingerprint density at radius 1 is 1.41 bits per heavy atom. The third-order valence-electron chi connectivity index (χ3n) is 2.50. The van der Waals surface area contributed by atoms with E-state index < -0.39 is 0 Å². The van der Waals surface area contributed by atoms with Gasteiger partial charge in [-0.05, 0) is 18.7 Å². The maximum absolute atomic E-state index is 12.8. The average molecular weight is 235 g/mol. The largest absolute Gasteiger partial charge is 0.304 e. The van der Waals surface area contributed by atoms with E-state index in [2.05, 4.69) is 20.6 Å². The van der Waals surface area contributed by atoms with E-state index in [9.17, 15) is 4.39 Å². The molecular weight excluding hydrogens is 221 g/mol. The molecule has 0 saturated heterocycles. The number of aryl methyl sites for hydroxylation is 1. The van der Waals surface area contributed by atoms with Crippen LogP contribution in [0.1, 0.15) is 24.4 Å². The molecule has 1 unspecified atom stereocenters. The molecule has 0 aliphatic rings. The predicted molar refractivity (Wildman–Crippen MR) is 60.7 cm³/mol. The van der Waals surface area contributed by atoms with Gasteiger partial charge in [0.1, 0.15) is 5.82 Å². The van der Waals surface area contributed by atoms with Gasteiger partial charge in [-0.15, -0.1) is 5.10 Å². The summed E-state index contributed by atoms with van der Waals surface area (Å²) >= 11 is 0. The van der Waals surface area contributed by atoms with E-state index in [-0.39, 0.29) is 11.9 Å². The molecule has 1 N–H and O–H groups in total. The molecule has 90 valence electrons. The SMILES string of the molecule is CCNC(c1ccc(F)cn1)c1cnnn1C.